The lowest BCUT2D eigenvalue weighted by molar-refractivity contribution is 0.628. The largest absolute Gasteiger partial charge is 0.341 e. The molecule has 1 aliphatic carbocycles. The van der Waals surface area contributed by atoms with E-state index in [0.29, 0.717) is 5.92 Å². The molecule has 2 N–H and O–H groups in total. The molecular formula is C14H16FN3. The minimum atomic E-state index is -0.230. The maximum absolute atomic E-state index is 13.2. The topological polar surface area (TPSA) is 40.7 Å². The summed E-state index contributed by atoms with van der Waals surface area (Å²) in [5, 5.41) is 3.14. The van der Waals surface area contributed by atoms with E-state index in [9.17, 15) is 4.39 Å². The first kappa shape index (κ1) is 11.4. The number of H-pyrrole nitrogens is 1. The van der Waals surface area contributed by atoms with E-state index < -0.39 is 0 Å². The summed E-state index contributed by atoms with van der Waals surface area (Å²) in [6.45, 7) is 0.772. The van der Waals surface area contributed by atoms with Gasteiger partial charge in [-0.1, -0.05) is 12.1 Å². The van der Waals surface area contributed by atoms with Crippen LogP contribution in [0.2, 0.25) is 0 Å². The number of hydrogen-bond donors (Lipinski definition) is 2. The quantitative estimate of drug-likeness (QED) is 0.869. The lowest BCUT2D eigenvalue weighted by Crippen LogP contribution is -2.07. The third-order valence-corrected chi connectivity index (χ3v) is 3.23. The second-order valence-corrected chi connectivity index (χ2v) is 4.76. The summed E-state index contributed by atoms with van der Waals surface area (Å²) in [5.74, 6) is 1.13. The maximum Gasteiger partial charge on any atom is 0.137 e. The average Bonchev–Trinajstić information content (AvgIpc) is 3.12. The van der Waals surface area contributed by atoms with E-state index in [2.05, 4.69) is 15.3 Å². The van der Waals surface area contributed by atoms with Crippen molar-refractivity contribution >= 4 is 0 Å². The van der Waals surface area contributed by atoms with Gasteiger partial charge in [-0.05, 0) is 32.0 Å². The molecule has 1 saturated carbocycles. The third kappa shape index (κ3) is 2.16. The summed E-state index contributed by atoms with van der Waals surface area (Å²) in [5.41, 5.74) is 3.07. The molecule has 4 heteroatoms. The van der Waals surface area contributed by atoms with Gasteiger partial charge in [0.2, 0.25) is 0 Å². The highest BCUT2D eigenvalue weighted by atomic mass is 19.1. The van der Waals surface area contributed by atoms with Crippen LogP contribution in [0.15, 0.2) is 24.3 Å². The summed E-state index contributed by atoms with van der Waals surface area (Å²) in [7, 11) is 1.92. The van der Waals surface area contributed by atoms with Gasteiger partial charge in [0.05, 0.1) is 11.4 Å². The number of hydrogen-bond acceptors (Lipinski definition) is 2. The Balaban J connectivity index is 1.99. The molecule has 0 saturated heterocycles. The first-order chi connectivity index (χ1) is 8.78. The number of aromatic amines is 1. The van der Waals surface area contributed by atoms with Crippen molar-refractivity contribution in [3.8, 4) is 11.4 Å². The highest BCUT2D eigenvalue weighted by Crippen LogP contribution is 2.41. The van der Waals surface area contributed by atoms with Crippen molar-refractivity contribution in [2.75, 3.05) is 7.05 Å². The molecule has 0 bridgehead atoms. The molecule has 1 aromatic carbocycles. The van der Waals surface area contributed by atoms with Gasteiger partial charge in [0.1, 0.15) is 11.6 Å². The molecular weight excluding hydrogens is 229 g/mol. The number of imidazole rings is 1. The first-order valence-electron chi connectivity index (χ1n) is 6.27. The second-order valence-electron chi connectivity index (χ2n) is 4.76. The Morgan fingerprint density at radius 2 is 2.28 bits per heavy atom. The Bertz CT molecular complexity index is 558. The molecule has 3 rings (SSSR count). The van der Waals surface area contributed by atoms with Gasteiger partial charge in [-0.15, -0.1) is 0 Å². The molecule has 0 radical (unpaired) electrons. The summed E-state index contributed by atoms with van der Waals surface area (Å²) >= 11 is 0. The van der Waals surface area contributed by atoms with Gasteiger partial charge in [0.25, 0.3) is 0 Å². The van der Waals surface area contributed by atoms with Crippen molar-refractivity contribution in [3.05, 3.63) is 41.5 Å². The van der Waals surface area contributed by atoms with Gasteiger partial charge in [-0.2, -0.15) is 0 Å². The number of aromatic nitrogens is 2. The normalized spacial score (nSPS) is 15.0. The van der Waals surface area contributed by atoms with Crippen LogP contribution in [0.4, 0.5) is 4.39 Å². The molecule has 2 aromatic rings. The van der Waals surface area contributed by atoms with Gasteiger partial charge in [0, 0.05) is 18.0 Å². The van der Waals surface area contributed by atoms with Crippen molar-refractivity contribution in [2.45, 2.75) is 25.3 Å². The Kier molecular flexibility index (Phi) is 2.88. The van der Waals surface area contributed by atoms with E-state index in [1.165, 1.54) is 25.0 Å². The smallest absolute Gasteiger partial charge is 0.137 e. The van der Waals surface area contributed by atoms with E-state index in [0.717, 1.165) is 29.3 Å². The maximum atomic E-state index is 13.2. The van der Waals surface area contributed by atoms with Crippen LogP contribution >= 0.6 is 0 Å². The fraction of sp³-hybridized carbons (Fsp3) is 0.357. The van der Waals surface area contributed by atoms with Crippen LogP contribution in [0.3, 0.4) is 0 Å². The van der Waals surface area contributed by atoms with Crippen LogP contribution < -0.4 is 5.32 Å². The Morgan fingerprint density at radius 1 is 1.44 bits per heavy atom. The Morgan fingerprint density at radius 3 is 2.94 bits per heavy atom. The minimum Gasteiger partial charge on any atom is -0.341 e. The van der Waals surface area contributed by atoms with E-state index in [-0.39, 0.29) is 5.82 Å². The first-order valence-corrected chi connectivity index (χ1v) is 6.27. The molecule has 0 amide bonds. The molecule has 3 nitrogen and oxygen atoms in total. The van der Waals surface area contributed by atoms with Gasteiger partial charge in [0.15, 0.2) is 0 Å². The molecule has 1 fully saturated rings. The summed E-state index contributed by atoms with van der Waals surface area (Å²) < 4.78 is 13.2. The minimum absolute atomic E-state index is 0.230. The zero-order valence-electron chi connectivity index (χ0n) is 10.3. The van der Waals surface area contributed by atoms with Crippen molar-refractivity contribution < 1.29 is 4.39 Å². The standard InChI is InChI=1S/C14H16FN3/c1-16-8-12-13(9-5-6-9)18-14(17-12)10-3-2-4-11(15)7-10/h2-4,7,9,16H,5-6,8H2,1H3,(H,17,18). The lowest BCUT2D eigenvalue weighted by atomic mass is 10.2. The molecule has 1 aromatic heterocycles. The second kappa shape index (κ2) is 4.53. The molecule has 0 atom stereocenters. The SMILES string of the molecule is CNCc1[nH]c(-c2cccc(F)c2)nc1C1CC1. The van der Waals surface area contributed by atoms with Crippen molar-refractivity contribution in [3.63, 3.8) is 0 Å². The van der Waals surface area contributed by atoms with Crippen LogP contribution in [0.25, 0.3) is 11.4 Å². The average molecular weight is 245 g/mol. The van der Waals surface area contributed by atoms with E-state index in [4.69, 9.17) is 0 Å². The number of rotatable bonds is 4. The predicted octanol–water partition coefficient (Wildman–Crippen LogP) is 2.81. The van der Waals surface area contributed by atoms with Gasteiger partial charge in [-0.3, -0.25) is 0 Å². The van der Waals surface area contributed by atoms with Crippen LogP contribution in [0.5, 0.6) is 0 Å². The van der Waals surface area contributed by atoms with Crippen LogP contribution in [0, 0.1) is 5.82 Å². The zero-order chi connectivity index (χ0) is 12.5. The zero-order valence-corrected chi connectivity index (χ0v) is 10.3. The van der Waals surface area contributed by atoms with Crippen molar-refractivity contribution in [1.82, 2.24) is 15.3 Å². The fourth-order valence-corrected chi connectivity index (χ4v) is 2.20. The highest BCUT2D eigenvalue weighted by molar-refractivity contribution is 5.56. The summed E-state index contributed by atoms with van der Waals surface area (Å²) in [4.78, 5) is 7.95. The number of nitrogens with one attached hydrogen (secondary N) is 2. The van der Waals surface area contributed by atoms with E-state index >= 15 is 0 Å². The highest BCUT2D eigenvalue weighted by Gasteiger charge is 2.29. The van der Waals surface area contributed by atoms with Gasteiger partial charge < -0.3 is 10.3 Å². The third-order valence-electron chi connectivity index (χ3n) is 3.23. The van der Waals surface area contributed by atoms with E-state index in [1.807, 2.05) is 13.1 Å². The van der Waals surface area contributed by atoms with Crippen LogP contribution in [-0.2, 0) is 6.54 Å². The number of benzene rings is 1. The molecule has 94 valence electrons. The number of nitrogens with zero attached hydrogens (tertiary/aromatic N) is 1. The summed E-state index contributed by atoms with van der Waals surface area (Å²) in [6.07, 6.45) is 2.42. The predicted molar refractivity (Wildman–Crippen MR) is 68.7 cm³/mol. The fourth-order valence-electron chi connectivity index (χ4n) is 2.20. The molecule has 1 heterocycles. The lowest BCUT2D eigenvalue weighted by Gasteiger charge is -1.98. The van der Waals surface area contributed by atoms with Gasteiger partial charge in [-0.25, -0.2) is 9.37 Å². The van der Waals surface area contributed by atoms with Crippen LogP contribution in [0.1, 0.15) is 30.1 Å². The van der Waals surface area contributed by atoms with Crippen molar-refractivity contribution in [1.29, 1.82) is 0 Å². The van der Waals surface area contributed by atoms with Crippen molar-refractivity contribution in [2.24, 2.45) is 0 Å². The Hall–Kier alpha value is -1.68. The summed E-state index contributed by atoms with van der Waals surface area (Å²) in [6, 6.07) is 6.55. The van der Waals surface area contributed by atoms with E-state index in [1.54, 1.807) is 6.07 Å². The molecule has 18 heavy (non-hydrogen) atoms. The molecule has 1 aliphatic rings. The van der Waals surface area contributed by atoms with Gasteiger partial charge >= 0.3 is 0 Å². The molecule has 0 aliphatic heterocycles. The monoisotopic (exact) mass is 245 g/mol. The van der Waals surface area contributed by atoms with Crippen LogP contribution in [-0.4, -0.2) is 17.0 Å². The Labute approximate surface area is 105 Å². The number of halogens is 1. The molecule has 0 spiro atoms. The molecule has 0 unspecified atom stereocenters.